The number of hydrogen-bond donors (Lipinski definition) is 1. The fraction of sp³-hybridized carbons (Fsp3) is 0.607. The molecule has 5 nitrogen and oxygen atoms in total. The van der Waals surface area contributed by atoms with Gasteiger partial charge in [-0.1, -0.05) is 18.1 Å². The Morgan fingerprint density at radius 3 is 2.88 bits per heavy atom. The van der Waals surface area contributed by atoms with Crippen LogP contribution in [0.2, 0.25) is 0 Å². The second-order valence-electron chi connectivity index (χ2n) is 11.1. The average Bonchev–Trinajstić information content (AvgIpc) is 3.32. The summed E-state index contributed by atoms with van der Waals surface area (Å²) in [7, 11) is 0. The van der Waals surface area contributed by atoms with Crippen molar-refractivity contribution < 1.29 is 9.52 Å². The third kappa shape index (κ3) is 3.15. The number of nitrogens with zero attached hydrogens (tertiary/aromatic N) is 2. The van der Waals surface area contributed by atoms with Gasteiger partial charge in [0.05, 0.1) is 5.56 Å². The molecule has 1 aromatic carbocycles. The summed E-state index contributed by atoms with van der Waals surface area (Å²) >= 11 is 0. The maximum Gasteiger partial charge on any atom is 0.339 e. The molecule has 5 heteroatoms. The number of rotatable bonds is 2. The van der Waals surface area contributed by atoms with E-state index in [4.69, 9.17) is 4.42 Å². The van der Waals surface area contributed by atoms with Crippen molar-refractivity contribution in [1.29, 1.82) is 0 Å². The highest BCUT2D eigenvalue weighted by atomic mass is 16.4. The molecule has 0 spiro atoms. The zero-order chi connectivity index (χ0) is 22.1. The number of likely N-dealkylation sites (tertiary alicyclic amines) is 1. The maximum absolute atomic E-state index is 12.7. The largest absolute Gasteiger partial charge is 0.507 e. The number of aryl methyl sites for hydroxylation is 1. The van der Waals surface area contributed by atoms with E-state index in [1.54, 1.807) is 5.57 Å². The lowest BCUT2D eigenvalue weighted by atomic mass is 9.68. The first-order chi connectivity index (χ1) is 16.2. The van der Waals surface area contributed by atoms with Crippen LogP contribution in [0.4, 0.5) is 0 Å². The minimum atomic E-state index is -0.204. The van der Waals surface area contributed by atoms with E-state index >= 15 is 0 Å². The van der Waals surface area contributed by atoms with E-state index in [0.717, 1.165) is 59.8 Å². The predicted octanol–water partition coefficient (Wildman–Crippen LogP) is 4.38. The molecule has 4 heterocycles. The average molecular weight is 447 g/mol. The summed E-state index contributed by atoms with van der Waals surface area (Å²) in [5, 5.41) is 11.9. The zero-order valence-electron chi connectivity index (χ0n) is 19.4. The van der Waals surface area contributed by atoms with Crippen LogP contribution >= 0.6 is 0 Å². The number of aromatic hydroxyl groups is 1. The van der Waals surface area contributed by atoms with Crippen molar-refractivity contribution in [3.63, 3.8) is 0 Å². The van der Waals surface area contributed by atoms with Crippen molar-refractivity contribution in [3.05, 3.63) is 50.9 Å². The minimum absolute atomic E-state index is 0.204. The molecule has 4 atom stereocenters. The van der Waals surface area contributed by atoms with Gasteiger partial charge in [0, 0.05) is 36.1 Å². The number of hydrogen-bond acceptors (Lipinski definition) is 5. The molecule has 2 bridgehead atoms. The molecule has 0 radical (unpaired) electrons. The first-order valence-electron chi connectivity index (χ1n) is 13.2. The lowest BCUT2D eigenvalue weighted by Gasteiger charge is -2.54. The molecule has 1 aromatic heterocycles. The van der Waals surface area contributed by atoms with Gasteiger partial charge in [0.1, 0.15) is 11.3 Å². The van der Waals surface area contributed by atoms with Crippen LogP contribution in [0, 0.1) is 11.8 Å². The third-order valence-corrected chi connectivity index (χ3v) is 9.34. The molecular weight excluding hydrogens is 412 g/mol. The Kier molecular flexibility index (Phi) is 4.74. The molecule has 0 amide bonds. The SMILES string of the molecule is O=c1oc2c(CN3CCCC4=C[C@H]5C[C@@H](CN6CCCC[C@H]56)[C@@H]43)c(O)ccc2c2c1CCC2. The Bertz CT molecular complexity index is 1200. The van der Waals surface area contributed by atoms with Gasteiger partial charge in [-0.25, -0.2) is 4.79 Å². The Hall–Kier alpha value is -2.11. The fourth-order valence-electron chi connectivity index (χ4n) is 8.01. The maximum atomic E-state index is 12.7. The van der Waals surface area contributed by atoms with E-state index in [0.29, 0.717) is 24.1 Å². The fourth-order valence-corrected chi connectivity index (χ4v) is 8.01. The van der Waals surface area contributed by atoms with Crippen molar-refractivity contribution in [1.82, 2.24) is 9.80 Å². The van der Waals surface area contributed by atoms with Crippen LogP contribution in [0.1, 0.15) is 61.6 Å². The molecule has 3 aliphatic heterocycles. The summed E-state index contributed by atoms with van der Waals surface area (Å²) in [4.78, 5) is 18.1. The molecule has 3 saturated heterocycles. The van der Waals surface area contributed by atoms with Crippen LogP contribution in [0.25, 0.3) is 11.0 Å². The van der Waals surface area contributed by atoms with Gasteiger partial charge in [-0.3, -0.25) is 9.80 Å². The predicted molar refractivity (Wildman–Crippen MR) is 128 cm³/mol. The second kappa shape index (κ2) is 7.71. The van der Waals surface area contributed by atoms with Crippen LogP contribution in [0.5, 0.6) is 5.75 Å². The minimum Gasteiger partial charge on any atom is -0.507 e. The summed E-state index contributed by atoms with van der Waals surface area (Å²) < 4.78 is 5.88. The molecule has 7 rings (SSSR count). The smallest absolute Gasteiger partial charge is 0.339 e. The van der Waals surface area contributed by atoms with Gasteiger partial charge in [0.25, 0.3) is 0 Å². The molecule has 174 valence electrons. The Morgan fingerprint density at radius 2 is 1.94 bits per heavy atom. The van der Waals surface area contributed by atoms with Crippen LogP contribution in [-0.2, 0) is 19.4 Å². The molecule has 2 aliphatic carbocycles. The number of piperidine rings is 3. The van der Waals surface area contributed by atoms with Gasteiger partial charge in [-0.05, 0) is 94.0 Å². The van der Waals surface area contributed by atoms with Crippen molar-refractivity contribution >= 4 is 11.0 Å². The second-order valence-corrected chi connectivity index (χ2v) is 11.1. The van der Waals surface area contributed by atoms with E-state index < -0.39 is 0 Å². The quantitative estimate of drug-likeness (QED) is 0.548. The Balaban J connectivity index is 1.27. The Labute approximate surface area is 195 Å². The monoisotopic (exact) mass is 446 g/mol. The molecule has 2 aromatic rings. The van der Waals surface area contributed by atoms with Crippen LogP contribution < -0.4 is 5.63 Å². The first-order valence-corrected chi connectivity index (χ1v) is 13.2. The first kappa shape index (κ1) is 20.3. The zero-order valence-corrected chi connectivity index (χ0v) is 19.4. The molecule has 0 saturated carbocycles. The third-order valence-electron chi connectivity index (χ3n) is 9.34. The van der Waals surface area contributed by atoms with Crippen LogP contribution in [0.3, 0.4) is 0 Å². The standard InChI is InChI=1S/C28H34N2O3/c31-25-10-9-21-20-6-3-7-22(20)28(32)33-27(21)23(25)16-30-12-4-5-17-13-18-14-19(26(17)30)15-29-11-2-1-8-24(18)29/h9-10,13,18-19,24,26,31H,1-8,11-12,14-16H2/t18-,19-,24+,26+/m0/s1. The lowest BCUT2D eigenvalue weighted by Crippen LogP contribution is -2.59. The highest BCUT2D eigenvalue weighted by molar-refractivity contribution is 5.86. The van der Waals surface area contributed by atoms with Gasteiger partial charge in [0.2, 0.25) is 0 Å². The van der Waals surface area contributed by atoms with Crippen molar-refractivity contribution in [3.8, 4) is 5.75 Å². The van der Waals surface area contributed by atoms with E-state index in [2.05, 4.69) is 15.9 Å². The van der Waals surface area contributed by atoms with E-state index in [1.165, 1.54) is 51.6 Å². The van der Waals surface area contributed by atoms with Gasteiger partial charge < -0.3 is 9.52 Å². The van der Waals surface area contributed by atoms with E-state index in [1.807, 2.05) is 12.1 Å². The molecular formula is C28H34N2O3. The van der Waals surface area contributed by atoms with Crippen molar-refractivity contribution in [2.24, 2.45) is 11.8 Å². The summed E-state index contributed by atoms with van der Waals surface area (Å²) in [6, 6.07) is 4.98. The van der Waals surface area contributed by atoms with E-state index in [9.17, 15) is 9.90 Å². The van der Waals surface area contributed by atoms with E-state index in [-0.39, 0.29) is 11.4 Å². The summed E-state index contributed by atoms with van der Waals surface area (Å²) in [5.41, 5.74) is 4.84. The molecule has 5 aliphatic rings. The highest BCUT2D eigenvalue weighted by Crippen LogP contribution is 2.46. The molecule has 3 fully saturated rings. The molecule has 33 heavy (non-hydrogen) atoms. The Morgan fingerprint density at radius 1 is 1.03 bits per heavy atom. The summed E-state index contributed by atoms with van der Waals surface area (Å²) in [6.07, 6.45) is 13.2. The molecule has 0 unspecified atom stereocenters. The van der Waals surface area contributed by atoms with Gasteiger partial charge in [-0.2, -0.15) is 0 Å². The molecule has 1 N–H and O–H groups in total. The summed E-state index contributed by atoms with van der Waals surface area (Å²) in [6.45, 7) is 4.16. The number of phenols is 1. The lowest BCUT2D eigenvalue weighted by molar-refractivity contribution is -0.00274. The normalized spacial score (nSPS) is 31.7. The van der Waals surface area contributed by atoms with Crippen molar-refractivity contribution in [2.45, 2.75) is 76.4 Å². The van der Waals surface area contributed by atoms with Gasteiger partial charge >= 0.3 is 5.63 Å². The summed E-state index contributed by atoms with van der Waals surface area (Å²) in [5.74, 6) is 1.65. The number of fused-ring (bicyclic) bond motifs is 9. The van der Waals surface area contributed by atoms with Crippen molar-refractivity contribution in [2.75, 3.05) is 19.6 Å². The topological polar surface area (TPSA) is 56.9 Å². The van der Waals surface area contributed by atoms with Gasteiger partial charge in [-0.15, -0.1) is 0 Å². The van der Waals surface area contributed by atoms with Gasteiger partial charge in [0.15, 0.2) is 0 Å². The number of phenolic OH excluding ortho intramolecular Hbond substituents is 1. The van der Waals surface area contributed by atoms with Crippen LogP contribution in [0.15, 0.2) is 33.0 Å². The van der Waals surface area contributed by atoms with Crippen LogP contribution in [-0.4, -0.2) is 46.6 Å². The highest BCUT2D eigenvalue weighted by Gasteiger charge is 2.46. The number of benzene rings is 1.